The van der Waals surface area contributed by atoms with Crippen molar-refractivity contribution in [3.05, 3.63) is 83.9 Å². The van der Waals surface area contributed by atoms with Crippen LogP contribution in [-0.4, -0.2) is 98.5 Å². The Hall–Kier alpha value is -4.27. The molecular formula is C42H53N5O7Si. The fourth-order valence-corrected chi connectivity index (χ4v) is 12.9. The molecule has 5 aliphatic rings. The van der Waals surface area contributed by atoms with Crippen LogP contribution in [-0.2, 0) is 31.3 Å². The lowest BCUT2D eigenvalue weighted by molar-refractivity contribution is -0.150. The summed E-state index contributed by atoms with van der Waals surface area (Å²) in [5, 5.41) is 13.3. The zero-order chi connectivity index (χ0) is 38.7. The monoisotopic (exact) mass is 767 g/mol. The molecule has 12 nitrogen and oxygen atoms in total. The molecule has 4 saturated heterocycles. The number of carbonyl (C=O) groups excluding carboxylic acids is 3. The van der Waals surface area contributed by atoms with Crippen LogP contribution in [0, 0.1) is 5.92 Å². The number of hydrogen-bond acceptors (Lipinski definition) is 9. The Balaban J connectivity index is 1.08. The van der Waals surface area contributed by atoms with Crippen molar-refractivity contribution in [2.24, 2.45) is 5.92 Å². The van der Waals surface area contributed by atoms with Crippen LogP contribution in [0.25, 0.3) is 0 Å². The summed E-state index contributed by atoms with van der Waals surface area (Å²) >= 11 is 0. The molecule has 5 atom stereocenters. The van der Waals surface area contributed by atoms with Gasteiger partial charge in [-0.15, -0.1) is 0 Å². The van der Waals surface area contributed by atoms with E-state index in [0.717, 1.165) is 55.7 Å². The third-order valence-electron chi connectivity index (χ3n) is 13.0. The zero-order valence-corrected chi connectivity index (χ0v) is 33.2. The standard InChI is InChI=1S/C42H53N5O7Si/c1-28-38(55(3,4)52)36(24-37(49)44-22-8-11-32(44)26-48)54-42(28)34-23-33(53-2)16-17-35(34)45(40(42)51)25-29-12-14-30(15-13-29)46-27-47(31-9-6-5-7-10-31)41(39(46)50)18-20-43-21-19-41/h5-7,9-10,12-17,23,28,32,36,38,43,48,52H,8,11,18-22,24-27H2,1-4H3/t28-,32+,36+,38-,42+/m1/s1. The second-order valence-corrected chi connectivity index (χ2v) is 20.5. The lowest BCUT2D eigenvalue weighted by atomic mass is 9.82. The highest BCUT2D eigenvalue weighted by Crippen LogP contribution is 2.60. The summed E-state index contributed by atoms with van der Waals surface area (Å²) in [4.78, 5) is 62.3. The lowest BCUT2D eigenvalue weighted by Gasteiger charge is -2.39. The SMILES string of the molecule is COc1ccc2c(c1)[C@]1(O[C@@H](CC(=O)N3CCC[C@H]3CO)[C@H]([Si](C)(C)O)[C@H]1C)C(=O)N2Cc1ccc(N2CN(c3ccccc3)C3(CCNCC3)C2=O)cc1. The highest BCUT2D eigenvalue weighted by atomic mass is 28.4. The molecule has 3 aromatic rings. The van der Waals surface area contributed by atoms with Gasteiger partial charge in [-0.2, -0.15) is 0 Å². The number of aliphatic hydroxyl groups is 1. The Morgan fingerprint density at radius 1 is 1.00 bits per heavy atom. The molecular weight excluding hydrogens is 715 g/mol. The van der Waals surface area contributed by atoms with Gasteiger partial charge >= 0.3 is 0 Å². The van der Waals surface area contributed by atoms with Crippen molar-refractivity contribution in [2.45, 2.75) is 87.5 Å². The average molecular weight is 768 g/mol. The Kier molecular flexibility index (Phi) is 9.82. The lowest BCUT2D eigenvalue weighted by Crippen LogP contribution is -2.55. The van der Waals surface area contributed by atoms with Crippen LogP contribution in [0.3, 0.4) is 0 Å². The third kappa shape index (κ3) is 6.15. The number of methoxy groups -OCH3 is 1. The number of aliphatic hydroxyl groups excluding tert-OH is 1. The second-order valence-electron chi connectivity index (χ2n) is 16.5. The Morgan fingerprint density at radius 2 is 1.73 bits per heavy atom. The number of carbonyl (C=O) groups is 3. The van der Waals surface area contributed by atoms with Gasteiger partial charge in [-0.1, -0.05) is 37.3 Å². The number of nitrogens with one attached hydrogen (secondary N) is 1. The Labute approximate surface area is 324 Å². The molecule has 0 saturated carbocycles. The first-order valence-electron chi connectivity index (χ1n) is 19.7. The molecule has 3 aromatic carbocycles. The number of ether oxygens (including phenoxy) is 2. The van der Waals surface area contributed by atoms with Gasteiger partial charge in [0.05, 0.1) is 51.2 Å². The molecule has 0 aliphatic carbocycles. The van der Waals surface area contributed by atoms with Gasteiger partial charge in [0, 0.05) is 34.9 Å². The zero-order valence-electron chi connectivity index (χ0n) is 32.2. The van der Waals surface area contributed by atoms with E-state index in [1.165, 1.54) is 0 Å². The molecule has 55 heavy (non-hydrogen) atoms. The van der Waals surface area contributed by atoms with Crippen molar-refractivity contribution in [1.82, 2.24) is 10.2 Å². The number of hydrogen-bond donors (Lipinski definition) is 3. The van der Waals surface area contributed by atoms with E-state index in [-0.39, 0.29) is 43.3 Å². The van der Waals surface area contributed by atoms with Crippen LogP contribution >= 0.6 is 0 Å². The second kappa shape index (κ2) is 14.3. The van der Waals surface area contributed by atoms with Crippen LogP contribution in [0.15, 0.2) is 72.8 Å². The van der Waals surface area contributed by atoms with Crippen molar-refractivity contribution in [3.63, 3.8) is 0 Å². The normalized spacial score (nSPS) is 27.5. The first-order valence-corrected chi connectivity index (χ1v) is 22.7. The number of likely N-dealkylation sites (tertiary alicyclic amines) is 1. The molecule has 0 unspecified atom stereocenters. The van der Waals surface area contributed by atoms with Crippen LogP contribution < -0.4 is 24.8 Å². The van der Waals surface area contributed by atoms with Crippen LogP contribution in [0.2, 0.25) is 18.6 Å². The van der Waals surface area contributed by atoms with Gasteiger partial charge in [0.15, 0.2) is 13.9 Å². The van der Waals surface area contributed by atoms with Crippen molar-refractivity contribution in [1.29, 1.82) is 0 Å². The molecule has 0 radical (unpaired) electrons. The molecule has 13 heteroatoms. The molecule has 2 spiro atoms. The molecule has 4 fully saturated rings. The van der Waals surface area contributed by atoms with Crippen LogP contribution in [0.1, 0.15) is 50.2 Å². The number of nitrogens with zero attached hydrogens (tertiary/aromatic N) is 4. The number of rotatable bonds is 9. The molecule has 3 N–H and O–H groups in total. The van der Waals surface area contributed by atoms with Gasteiger partial charge in [-0.25, -0.2) is 0 Å². The highest BCUT2D eigenvalue weighted by Gasteiger charge is 2.66. The Morgan fingerprint density at radius 3 is 2.40 bits per heavy atom. The van der Waals surface area contributed by atoms with Gasteiger partial charge in [-0.05, 0) is 99.9 Å². The fraction of sp³-hybridized carbons (Fsp3) is 0.500. The predicted octanol–water partition coefficient (Wildman–Crippen LogP) is 4.35. The molecule has 0 bridgehead atoms. The van der Waals surface area contributed by atoms with E-state index < -0.39 is 37.0 Å². The maximum atomic E-state index is 15.0. The van der Waals surface area contributed by atoms with Gasteiger partial charge < -0.3 is 39.4 Å². The summed E-state index contributed by atoms with van der Waals surface area (Å²) in [5.74, 6) is -0.116. The average Bonchev–Trinajstić information content (AvgIpc) is 3.92. The number of benzene rings is 3. The first kappa shape index (κ1) is 37.6. The molecule has 3 amide bonds. The van der Waals surface area contributed by atoms with Crippen LogP contribution in [0.5, 0.6) is 5.75 Å². The maximum absolute atomic E-state index is 15.0. The van der Waals surface area contributed by atoms with E-state index in [1.807, 2.05) is 85.6 Å². The quantitative estimate of drug-likeness (QED) is 0.272. The Bertz CT molecular complexity index is 1930. The minimum atomic E-state index is -3.00. The summed E-state index contributed by atoms with van der Waals surface area (Å²) in [6.45, 7) is 8.41. The first-order chi connectivity index (χ1) is 26.4. The largest absolute Gasteiger partial charge is 0.497 e. The maximum Gasteiger partial charge on any atom is 0.264 e. The van der Waals surface area contributed by atoms with E-state index in [2.05, 4.69) is 22.3 Å². The van der Waals surface area contributed by atoms with Crippen molar-refractivity contribution in [2.75, 3.05) is 54.7 Å². The summed E-state index contributed by atoms with van der Waals surface area (Å²) in [7, 11) is -1.41. The van der Waals surface area contributed by atoms with Crippen molar-refractivity contribution in [3.8, 4) is 5.75 Å². The van der Waals surface area contributed by atoms with E-state index in [0.29, 0.717) is 30.2 Å². The summed E-state index contributed by atoms with van der Waals surface area (Å²) in [5.41, 5.74) is 1.64. The van der Waals surface area contributed by atoms with Gasteiger partial charge in [0.1, 0.15) is 11.3 Å². The predicted molar refractivity (Wildman–Crippen MR) is 212 cm³/mol. The van der Waals surface area contributed by atoms with E-state index >= 15 is 4.79 Å². The third-order valence-corrected chi connectivity index (χ3v) is 15.5. The summed E-state index contributed by atoms with van der Waals surface area (Å²) in [6, 6.07) is 23.4. The van der Waals surface area contributed by atoms with Crippen LogP contribution in [0.4, 0.5) is 17.1 Å². The fourth-order valence-electron chi connectivity index (χ4n) is 10.3. The van der Waals surface area contributed by atoms with Gasteiger partial charge in [0.25, 0.3) is 11.8 Å². The van der Waals surface area contributed by atoms with E-state index in [4.69, 9.17) is 9.47 Å². The number of amides is 3. The molecule has 5 heterocycles. The van der Waals surface area contributed by atoms with Crippen molar-refractivity contribution >= 4 is 43.1 Å². The van der Waals surface area contributed by atoms with E-state index in [9.17, 15) is 19.5 Å². The van der Waals surface area contributed by atoms with Gasteiger partial charge in [-0.3, -0.25) is 19.3 Å². The summed E-state index contributed by atoms with van der Waals surface area (Å²) in [6.07, 6.45) is 2.37. The molecule has 292 valence electrons. The highest BCUT2D eigenvalue weighted by molar-refractivity contribution is 6.71. The van der Waals surface area contributed by atoms with Gasteiger partial charge in [0.2, 0.25) is 5.91 Å². The number of fused-ring (bicyclic) bond motifs is 2. The summed E-state index contributed by atoms with van der Waals surface area (Å²) < 4.78 is 12.6. The molecule has 8 rings (SSSR count). The topological polar surface area (TPSA) is 135 Å². The smallest absolute Gasteiger partial charge is 0.264 e. The molecule has 5 aliphatic heterocycles. The number of para-hydroxylation sites is 1. The minimum absolute atomic E-state index is 0.0208. The number of piperidine rings is 1. The van der Waals surface area contributed by atoms with Crippen molar-refractivity contribution < 1.29 is 33.8 Å². The minimum Gasteiger partial charge on any atom is -0.497 e. The number of anilines is 3. The molecule has 0 aromatic heterocycles. The van der Waals surface area contributed by atoms with E-state index in [1.54, 1.807) is 16.9 Å².